The molecular formula is C12H16FNO5. The SMILES string of the molecule is CC(C)(C)c1cc(F)cc([N+](=O)[O-])c1OC=O.CO. The summed E-state index contributed by atoms with van der Waals surface area (Å²) in [6.45, 7) is 5.31. The van der Waals surface area contributed by atoms with Crippen molar-refractivity contribution in [2.45, 2.75) is 26.2 Å². The number of hydrogen-bond donors (Lipinski definition) is 1. The van der Waals surface area contributed by atoms with Gasteiger partial charge in [0.1, 0.15) is 5.82 Å². The molecule has 1 aromatic rings. The highest BCUT2D eigenvalue weighted by molar-refractivity contribution is 5.60. The number of rotatable bonds is 3. The molecule has 0 amide bonds. The summed E-state index contributed by atoms with van der Waals surface area (Å²) in [5.74, 6) is -0.946. The molecule has 106 valence electrons. The monoisotopic (exact) mass is 273 g/mol. The van der Waals surface area contributed by atoms with Crippen LogP contribution in [0.4, 0.5) is 10.1 Å². The van der Waals surface area contributed by atoms with Crippen LogP contribution in [0.15, 0.2) is 12.1 Å². The maximum atomic E-state index is 13.3. The highest BCUT2D eigenvalue weighted by atomic mass is 19.1. The smallest absolute Gasteiger partial charge is 0.314 e. The Balaban J connectivity index is 0.00000154. The Hall–Kier alpha value is -2.02. The zero-order valence-electron chi connectivity index (χ0n) is 11.1. The molecule has 1 rings (SSSR count). The number of aliphatic hydroxyl groups is 1. The van der Waals surface area contributed by atoms with E-state index >= 15 is 0 Å². The summed E-state index contributed by atoms with van der Waals surface area (Å²) in [6.07, 6.45) is 0. The van der Waals surface area contributed by atoms with Gasteiger partial charge in [-0.05, 0) is 11.5 Å². The molecule has 0 heterocycles. The molecule has 0 unspecified atom stereocenters. The second-order valence-corrected chi connectivity index (χ2v) is 4.52. The number of nitro benzene ring substituents is 1. The fourth-order valence-corrected chi connectivity index (χ4v) is 1.44. The number of nitro groups is 1. The molecule has 0 bridgehead atoms. The van der Waals surface area contributed by atoms with Crippen LogP contribution in [-0.4, -0.2) is 23.6 Å². The highest BCUT2D eigenvalue weighted by Gasteiger charge is 2.28. The summed E-state index contributed by atoms with van der Waals surface area (Å²) >= 11 is 0. The van der Waals surface area contributed by atoms with Gasteiger partial charge in [0.25, 0.3) is 6.47 Å². The quantitative estimate of drug-likeness (QED) is 0.518. The van der Waals surface area contributed by atoms with Crippen molar-refractivity contribution in [3.63, 3.8) is 0 Å². The molecule has 0 aliphatic rings. The van der Waals surface area contributed by atoms with E-state index in [0.29, 0.717) is 0 Å². The van der Waals surface area contributed by atoms with Crippen molar-refractivity contribution in [3.05, 3.63) is 33.6 Å². The van der Waals surface area contributed by atoms with Crippen LogP contribution in [0.2, 0.25) is 0 Å². The maximum Gasteiger partial charge on any atom is 0.314 e. The maximum absolute atomic E-state index is 13.3. The van der Waals surface area contributed by atoms with E-state index in [2.05, 4.69) is 4.74 Å². The Morgan fingerprint density at radius 3 is 2.26 bits per heavy atom. The lowest BCUT2D eigenvalue weighted by molar-refractivity contribution is -0.385. The van der Waals surface area contributed by atoms with Crippen LogP contribution in [-0.2, 0) is 10.2 Å². The Kier molecular flexibility index (Phi) is 6.07. The van der Waals surface area contributed by atoms with Gasteiger partial charge in [0.2, 0.25) is 5.75 Å². The summed E-state index contributed by atoms with van der Waals surface area (Å²) in [6, 6.07) is 1.86. The molecule has 0 saturated carbocycles. The lowest BCUT2D eigenvalue weighted by Gasteiger charge is -2.21. The third-order valence-corrected chi connectivity index (χ3v) is 2.20. The molecule has 0 radical (unpaired) electrons. The van der Waals surface area contributed by atoms with Gasteiger partial charge in [-0.15, -0.1) is 0 Å². The normalized spacial score (nSPS) is 10.2. The van der Waals surface area contributed by atoms with Gasteiger partial charge >= 0.3 is 5.69 Å². The van der Waals surface area contributed by atoms with Crippen LogP contribution in [0, 0.1) is 15.9 Å². The van der Waals surface area contributed by atoms with Crippen LogP contribution in [0.1, 0.15) is 26.3 Å². The third-order valence-electron chi connectivity index (χ3n) is 2.20. The van der Waals surface area contributed by atoms with Crippen LogP contribution in [0.5, 0.6) is 5.75 Å². The minimum atomic E-state index is -0.781. The summed E-state index contributed by atoms with van der Waals surface area (Å²) in [4.78, 5) is 20.4. The van der Waals surface area contributed by atoms with Crippen molar-refractivity contribution >= 4 is 12.2 Å². The minimum absolute atomic E-state index is 0.0927. The van der Waals surface area contributed by atoms with Gasteiger partial charge in [-0.25, -0.2) is 4.39 Å². The second-order valence-electron chi connectivity index (χ2n) is 4.52. The molecule has 1 N–H and O–H groups in total. The molecule has 0 saturated heterocycles. The lowest BCUT2D eigenvalue weighted by atomic mass is 9.86. The predicted octanol–water partition coefficient (Wildman–Crippen LogP) is 2.18. The lowest BCUT2D eigenvalue weighted by Crippen LogP contribution is -2.15. The van der Waals surface area contributed by atoms with Crippen LogP contribution < -0.4 is 4.74 Å². The fraction of sp³-hybridized carbons (Fsp3) is 0.417. The first-order valence-corrected chi connectivity index (χ1v) is 5.31. The van der Waals surface area contributed by atoms with E-state index in [4.69, 9.17) is 5.11 Å². The van der Waals surface area contributed by atoms with Crippen molar-refractivity contribution in [1.82, 2.24) is 0 Å². The molecular weight excluding hydrogens is 257 g/mol. The fourth-order valence-electron chi connectivity index (χ4n) is 1.44. The minimum Gasteiger partial charge on any atom is -0.421 e. The van der Waals surface area contributed by atoms with Gasteiger partial charge in [0, 0.05) is 12.7 Å². The molecule has 0 aliphatic carbocycles. The number of carbonyl (C=O) groups is 1. The van der Waals surface area contributed by atoms with Crippen LogP contribution in [0.25, 0.3) is 0 Å². The molecule has 0 spiro atoms. The summed E-state index contributed by atoms with van der Waals surface area (Å²) < 4.78 is 17.9. The number of aliphatic hydroxyl groups excluding tert-OH is 1. The average Bonchev–Trinajstić information content (AvgIpc) is 2.32. The van der Waals surface area contributed by atoms with Gasteiger partial charge in [0.15, 0.2) is 0 Å². The first-order valence-electron chi connectivity index (χ1n) is 5.31. The number of ether oxygens (including phenoxy) is 1. The summed E-state index contributed by atoms with van der Waals surface area (Å²) in [5, 5.41) is 17.8. The zero-order chi connectivity index (χ0) is 15.2. The molecule has 1 aromatic carbocycles. The topological polar surface area (TPSA) is 89.7 Å². The van der Waals surface area contributed by atoms with Gasteiger partial charge in [-0.3, -0.25) is 14.9 Å². The molecule has 0 aliphatic heterocycles. The molecule has 6 nitrogen and oxygen atoms in total. The van der Waals surface area contributed by atoms with E-state index < -0.39 is 21.8 Å². The van der Waals surface area contributed by atoms with Crippen molar-refractivity contribution in [2.24, 2.45) is 0 Å². The van der Waals surface area contributed by atoms with E-state index in [9.17, 15) is 19.3 Å². The van der Waals surface area contributed by atoms with Crippen molar-refractivity contribution in [2.75, 3.05) is 7.11 Å². The van der Waals surface area contributed by atoms with Gasteiger partial charge < -0.3 is 9.84 Å². The Morgan fingerprint density at radius 2 is 1.89 bits per heavy atom. The van der Waals surface area contributed by atoms with Crippen molar-refractivity contribution in [3.8, 4) is 5.75 Å². The number of halogens is 1. The van der Waals surface area contributed by atoms with E-state index in [1.807, 2.05) is 0 Å². The Bertz CT molecular complexity index is 468. The van der Waals surface area contributed by atoms with E-state index in [1.165, 1.54) is 0 Å². The molecule has 0 fully saturated rings. The Morgan fingerprint density at radius 1 is 1.37 bits per heavy atom. The van der Waals surface area contributed by atoms with Gasteiger partial charge in [-0.1, -0.05) is 20.8 Å². The largest absolute Gasteiger partial charge is 0.421 e. The number of carbonyl (C=O) groups excluding carboxylic acids is 1. The van der Waals surface area contributed by atoms with Gasteiger partial charge in [-0.2, -0.15) is 0 Å². The molecule has 0 atom stereocenters. The van der Waals surface area contributed by atoms with Crippen molar-refractivity contribution in [1.29, 1.82) is 0 Å². The van der Waals surface area contributed by atoms with E-state index in [-0.39, 0.29) is 17.8 Å². The molecule has 19 heavy (non-hydrogen) atoms. The van der Waals surface area contributed by atoms with Gasteiger partial charge in [0.05, 0.1) is 11.0 Å². The zero-order valence-corrected chi connectivity index (χ0v) is 11.1. The molecule has 0 aromatic heterocycles. The average molecular weight is 273 g/mol. The van der Waals surface area contributed by atoms with E-state index in [1.54, 1.807) is 20.8 Å². The predicted molar refractivity (Wildman–Crippen MR) is 66.6 cm³/mol. The number of hydrogen-bond acceptors (Lipinski definition) is 5. The summed E-state index contributed by atoms with van der Waals surface area (Å²) in [5.41, 5.74) is -0.858. The van der Waals surface area contributed by atoms with Crippen LogP contribution in [0.3, 0.4) is 0 Å². The summed E-state index contributed by atoms with van der Waals surface area (Å²) in [7, 11) is 1.00. The second kappa shape index (κ2) is 6.79. The first kappa shape index (κ1) is 17.0. The standard InChI is InChI=1S/C11H12FNO4.CH4O/c1-11(2,3)8-4-7(12)5-9(13(15)16)10(8)17-6-14;1-2/h4-6H,1-3H3;2H,1H3. The molecule has 7 heteroatoms. The Labute approximate surface area is 110 Å². The van der Waals surface area contributed by atoms with Crippen LogP contribution >= 0.6 is 0 Å². The first-order chi connectivity index (χ1) is 8.77. The number of nitrogens with zero attached hydrogens (tertiary/aromatic N) is 1. The van der Waals surface area contributed by atoms with E-state index in [0.717, 1.165) is 19.2 Å². The highest BCUT2D eigenvalue weighted by Crippen LogP contribution is 2.38. The number of benzene rings is 1. The van der Waals surface area contributed by atoms with Crippen molar-refractivity contribution < 1.29 is 24.0 Å². The third kappa shape index (κ3) is 4.29.